The molecule has 1 aromatic rings. The van der Waals surface area contributed by atoms with Crippen LogP contribution in [-0.2, 0) is 0 Å². The van der Waals surface area contributed by atoms with Gasteiger partial charge < -0.3 is 10.1 Å². The maximum atomic E-state index is 11.3. The van der Waals surface area contributed by atoms with Crippen molar-refractivity contribution in [3.8, 4) is 5.75 Å². The lowest BCUT2D eigenvalue weighted by Gasteiger charge is -2.25. The smallest absolute Gasteiger partial charge is 0.333 e. The van der Waals surface area contributed by atoms with E-state index in [-0.39, 0.29) is 10.6 Å². The molecule has 0 spiro atoms. The Labute approximate surface area is 126 Å². The third-order valence-electron chi connectivity index (χ3n) is 3.72. The summed E-state index contributed by atoms with van der Waals surface area (Å²) in [6.07, 6.45) is 0. The van der Waals surface area contributed by atoms with Gasteiger partial charge in [-0.3, -0.25) is 10.1 Å². The fourth-order valence-corrected chi connectivity index (χ4v) is 2.59. The first-order valence-electron chi connectivity index (χ1n) is 7.52. The predicted molar refractivity (Wildman–Crippen MR) is 85.9 cm³/mol. The molecule has 5 nitrogen and oxygen atoms in total. The standard InChI is InChI=1S/C16H26N2O3/c1-6-21-15-9-7-8-14(16(15)18(19)20)17-10-13(11(2)3)12(4)5/h7-9,11-13,17H,6,10H2,1-5H3. The number of para-hydroxylation sites is 1. The number of benzene rings is 1. The van der Waals surface area contributed by atoms with Gasteiger partial charge in [0.1, 0.15) is 5.69 Å². The SMILES string of the molecule is CCOc1cccc(NCC(C(C)C)C(C)C)c1[N+](=O)[O-]. The van der Waals surface area contributed by atoms with Crippen molar-refractivity contribution >= 4 is 11.4 Å². The maximum Gasteiger partial charge on any atom is 0.333 e. The molecule has 0 amide bonds. The van der Waals surface area contributed by atoms with Crippen molar-refractivity contribution in [2.75, 3.05) is 18.5 Å². The Balaban J connectivity index is 2.97. The van der Waals surface area contributed by atoms with Crippen LogP contribution in [0.2, 0.25) is 0 Å². The van der Waals surface area contributed by atoms with Gasteiger partial charge >= 0.3 is 5.69 Å². The van der Waals surface area contributed by atoms with E-state index in [4.69, 9.17) is 4.74 Å². The number of nitro groups is 1. The number of hydrogen-bond acceptors (Lipinski definition) is 4. The van der Waals surface area contributed by atoms with Gasteiger partial charge in [-0.2, -0.15) is 0 Å². The minimum Gasteiger partial charge on any atom is -0.487 e. The molecule has 1 aromatic carbocycles. The van der Waals surface area contributed by atoms with Crippen molar-refractivity contribution in [3.63, 3.8) is 0 Å². The monoisotopic (exact) mass is 294 g/mol. The van der Waals surface area contributed by atoms with Gasteiger partial charge in [-0.15, -0.1) is 0 Å². The van der Waals surface area contributed by atoms with Crippen molar-refractivity contribution in [1.29, 1.82) is 0 Å². The molecule has 1 N–H and O–H groups in total. The minimum atomic E-state index is -0.382. The average Bonchev–Trinajstić information content (AvgIpc) is 2.38. The van der Waals surface area contributed by atoms with Gasteiger partial charge in [0.05, 0.1) is 11.5 Å². The normalized spacial score (nSPS) is 11.2. The van der Waals surface area contributed by atoms with E-state index in [1.165, 1.54) is 0 Å². The number of rotatable bonds is 8. The number of anilines is 1. The van der Waals surface area contributed by atoms with E-state index < -0.39 is 0 Å². The Bertz CT molecular complexity index is 465. The fraction of sp³-hybridized carbons (Fsp3) is 0.625. The molecule has 0 atom stereocenters. The van der Waals surface area contributed by atoms with E-state index in [0.29, 0.717) is 42.3 Å². The second-order valence-electron chi connectivity index (χ2n) is 5.88. The summed E-state index contributed by atoms with van der Waals surface area (Å²) >= 11 is 0. The Morgan fingerprint density at radius 2 is 1.86 bits per heavy atom. The highest BCUT2D eigenvalue weighted by Gasteiger charge is 2.23. The zero-order valence-electron chi connectivity index (χ0n) is 13.6. The van der Waals surface area contributed by atoms with E-state index in [2.05, 4.69) is 33.0 Å². The zero-order valence-corrected chi connectivity index (χ0v) is 13.6. The van der Waals surface area contributed by atoms with Crippen molar-refractivity contribution in [2.24, 2.45) is 17.8 Å². The lowest BCUT2D eigenvalue weighted by Crippen LogP contribution is -2.24. The molecule has 0 aromatic heterocycles. The summed E-state index contributed by atoms with van der Waals surface area (Å²) in [5, 5.41) is 14.5. The fourth-order valence-electron chi connectivity index (χ4n) is 2.59. The maximum absolute atomic E-state index is 11.3. The molecule has 0 unspecified atom stereocenters. The van der Waals surface area contributed by atoms with E-state index in [9.17, 15) is 10.1 Å². The third-order valence-corrected chi connectivity index (χ3v) is 3.72. The number of ether oxygens (including phenoxy) is 1. The predicted octanol–water partition coefficient (Wildman–Crippen LogP) is 4.33. The van der Waals surface area contributed by atoms with Gasteiger partial charge in [-0.25, -0.2) is 0 Å². The Kier molecular flexibility index (Phi) is 6.46. The van der Waals surface area contributed by atoms with Crippen LogP contribution in [0.3, 0.4) is 0 Å². The van der Waals surface area contributed by atoms with Crippen LogP contribution in [0, 0.1) is 27.9 Å². The summed E-state index contributed by atoms with van der Waals surface area (Å²) in [5.74, 6) is 1.82. The molecule has 0 fully saturated rings. The zero-order chi connectivity index (χ0) is 16.0. The molecule has 0 aliphatic carbocycles. The lowest BCUT2D eigenvalue weighted by molar-refractivity contribution is -0.384. The molecule has 1 rings (SSSR count). The quantitative estimate of drug-likeness (QED) is 0.572. The summed E-state index contributed by atoms with van der Waals surface area (Å²) < 4.78 is 5.36. The molecule has 0 saturated carbocycles. The third kappa shape index (κ3) is 4.62. The van der Waals surface area contributed by atoms with E-state index in [1.54, 1.807) is 18.2 Å². The molecule has 0 heterocycles. The summed E-state index contributed by atoms with van der Waals surface area (Å²) in [5.41, 5.74) is 0.544. The summed E-state index contributed by atoms with van der Waals surface area (Å²) in [4.78, 5) is 10.9. The largest absolute Gasteiger partial charge is 0.487 e. The highest BCUT2D eigenvalue weighted by atomic mass is 16.6. The molecule has 0 saturated heterocycles. The van der Waals surface area contributed by atoms with Crippen LogP contribution in [0.4, 0.5) is 11.4 Å². The molecular weight excluding hydrogens is 268 g/mol. The summed E-state index contributed by atoms with van der Waals surface area (Å²) in [6.45, 7) is 11.7. The van der Waals surface area contributed by atoms with Gasteiger partial charge in [0.15, 0.2) is 5.75 Å². The minimum absolute atomic E-state index is 0.0191. The van der Waals surface area contributed by atoms with Crippen molar-refractivity contribution < 1.29 is 9.66 Å². The van der Waals surface area contributed by atoms with Gasteiger partial charge in [-0.05, 0) is 36.8 Å². The van der Waals surface area contributed by atoms with E-state index in [1.807, 2.05) is 6.92 Å². The van der Waals surface area contributed by atoms with Crippen LogP contribution in [0.25, 0.3) is 0 Å². The molecular formula is C16H26N2O3. The molecule has 118 valence electrons. The van der Waals surface area contributed by atoms with Crippen LogP contribution in [0.1, 0.15) is 34.6 Å². The second-order valence-corrected chi connectivity index (χ2v) is 5.88. The van der Waals surface area contributed by atoms with E-state index in [0.717, 1.165) is 0 Å². The second kappa shape index (κ2) is 7.86. The molecule has 0 aliphatic heterocycles. The number of nitrogens with zero attached hydrogens (tertiary/aromatic N) is 1. The Morgan fingerprint density at radius 3 is 2.33 bits per heavy atom. The van der Waals surface area contributed by atoms with Gasteiger partial charge in [0, 0.05) is 6.54 Å². The lowest BCUT2D eigenvalue weighted by atomic mass is 9.85. The first-order chi connectivity index (χ1) is 9.88. The van der Waals surface area contributed by atoms with Gasteiger partial charge in [0.25, 0.3) is 0 Å². The number of nitro benzene ring substituents is 1. The van der Waals surface area contributed by atoms with Crippen molar-refractivity contribution in [2.45, 2.75) is 34.6 Å². The Hall–Kier alpha value is -1.78. The summed E-state index contributed by atoms with van der Waals surface area (Å²) in [7, 11) is 0. The van der Waals surface area contributed by atoms with Crippen LogP contribution in [-0.4, -0.2) is 18.1 Å². The molecule has 0 bridgehead atoms. The number of hydrogen-bond donors (Lipinski definition) is 1. The van der Waals surface area contributed by atoms with Crippen LogP contribution < -0.4 is 10.1 Å². The van der Waals surface area contributed by atoms with Crippen molar-refractivity contribution in [3.05, 3.63) is 28.3 Å². The average molecular weight is 294 g/mol. The molecule has 0 aliphatic rings. The topological polar surface area (TPSA) is 64.4 Å². The highest BCUT2D eigenvalue weighted by Crippen LogP contribution is 2.35. The molecule has 0 radical (unpaired) electrons. The molecule has 21 heavy (non-hydrogen) atoms. The van der Waals surface area contributed by atoms with Crippen molar-refractivity contribution in [1.82, 2.24) is 0 Å². The van der Waals surface area contributed by atoms with E-state index >= 15 is 0 Å². The van der Waals surface area contributed by atoms with Gasteiger partial charge in [0.2, 0.25) is 0 Å². The number of nitrogens with one attached hydrogen (secondary N) is 1. The van der Waals surface area contributed by atoms with Crippen LogP contribution in [0.5, 0.6) is 5.75 Å². The highest BCUT2D eigenvalue weighted by molar-refractivity contribution is 5.68. The van der Waals surface area contributed by atoms with Crippen LogP contribution >= 0.6 is 0 Å². The van der Waals surface area contributed by atoms with Crippen LogP contribution in [0.15, 0.2) is 18.2 Å². The Morgan fingerprint density at radius 1 is 1.24 bits per heavy atom. The molecule has 5 heteroatoms. The van der Waals surface area contributed by atoms with Gasteiger partial charge in [-0.1, -0.05) is 33.8 Å². The summed E-state index contributed by atoms with van der Waals surface area (Å²) in [6, 6.07) is 5.15. The first kappa shape index (κ1) is 17.3. The first-order valence-corrected chi connectivity index (χ1v) is 7.52.